The first-order valence-corrected chi connectivity index (χ1v) is 21.2. The van der Waals surface area contributed by atoms with Crippen LogP contribution in [0.25, 0.3) is 0 Å². The van der Waals surface area contributed by atoms with Crippen LogP contribution >= 0.6 is 0 Å². The maximum absolute atomic E-state index is 12.8. The summed E-state index contributed by atoms with van der Waals surface area (Å²) in [5, 5.41) is 9.02. The van der Waals surface area contributed by atoms with Crippen LogP contribution in [0.5, 0.6) is 0 Å². The second-order valence-corrected chi connectivity index (χ2v) is 14.2. The van der Waals surface area contributed by atoms with Gasteiger partial charge in [-0.25, -0.2) is 4.79 Å². The van der Waals surface area contributed by atoms with Gasteiger partial charge in [0.15, 0.2) is 0 Å². The van der Waals surface area contributed by atoms with E-state index in [2.05, 4.69) is 54.1 Å². The first kappa shape index (κ1) is 47.8. The lowest BCUT2D eigenvalue weighted by Crippen LogP contribution is -2.42. The standard InChI is InChI=1S/C43H81N3O4/c1-4-6-8-10-12-14-16-18-19-20-22-24-26-28-30-36-42(48)46-40(43(49)50-39-33-37-44-3)34-31-32-38-45-41(47)35-29-27-25-23-21-17-15-13-11-9-7-5-2/h13,15,18-19,40,44H,4-12,14,16-17,20-39H2,1-3H3,(H,45,47)(H,46,48)/b15-13-,19-18-. The number of unbranched alkanes of at least 4 members (excludes halogenated alkanes) is 20. The molecule has 3 N–H and O–H groups in total. The van der Waals surface area contributed by atoms with Gasteiger partial charge in [0.05, 0.1) is 6.61 Å². The highest BCUT2D eigenvalue weighted by Gasteiger charge is 2.21. The number of hydrogen-bond donors (Lipinski definition) is 3. The van der Waals surface area contributed by atoms with Gasteiger partial charge in [-0.2, -0.15) is 0 Å². The Kier molecular flexibility index (Phi) is 37.9. The monoisotopic (exact) mass is 704 g/mol. The van der Waals surface area contributed by atoms with Crippen molar-refractivity contribution in [2.24, 2.45) is 0 Å². The molecular formula is C43H81N3O4. The number of esters is 1. The summed E-state index contributed by atoms with van der Waals surface area (Å²) in [5.74, 6) is -0.327. The molecule has 7 nitrogen and oxygen atoms in total. The fraction of sp³-hybridized carbons (Fsp3) is 0.837. The van der Waals surface area contributed by atoms with Crippen molar-refractivity contribution < 1.29 is 19.1 Å². The van der Waals surface area contributed by atoms with E-state index in [9.17, 15) is 14.4 Å². The average Bonchev–Trinajstić information content (AvgIpc) is 3.11. The third-order valence-electron chi connectivity index (χ3n) is 9.26. The molecule has 50 heavy (non-hydrogen) atoms. The zero-order valence-electron chi connectivity index (χ0n) is 33.1. The second-order valence-electron chi connectivity index (χ2n) is 14.2. The summed E-state index contributed by atoms with van der Waals surface area (Å²) in [7, 11) is 1.87. The Labute approximate surface area is 309 Å². The van der Waals surface area contributed by atoms with Crippen molar-refractivity contribution in [1.82, 2.24) is 16.0 Å². The molecule has 0 fully saturated rings. The predicted octanol–water partition coefficient (Wildman–Crippen LogP) is 10.8. The van der Waals surface area contributed by atoms with Gasteiger partial charge in [-0.05, 0) is 103 Å². The molecule has 0 aliphatic rings. The Morgan fingerprint density at radius 2 is 0.980 bits per heavy atom. The van der Waals surface area contributed by atoms with Crippen LogP contribution in [0.15, 0.2) is 24.3 Å². The Morgan fingerprint density at radius 1 is 0.520 bits per heavy atom. The Hall–Kier alpha value is -2.15. The number of carbonyl (C=O) groups is 3. The SMILES string of the molecule is CCCCC/C=C\CCCCCCCC(=O)NCCCCC(NC(=O)CCCCCCC/C=C\CCCCCCCC)C(=O)OCCCNC. The maximum Gasteiger partial charge on any atom is 0.328 e. The molecule has 1 atom stereocenters. The third-order valence-corrected chi connectivity index (χ3v) is 9.26. The average molecular weight is 704 g/mol. The second kappa shape index (κ2) is 39.6. The molecule has 0 saturated heterocycles. The Morgan fingerprint density at radius 3 is 1.52 bits per heavy atom. The minimum Gasteiger partial charge on any atom is -0.464 e. The van der Waals surface area contributed by atoms with E-state index in [0.29, 0.717) is 32.4 Å². The Balaban J connectivity index is 4.08. The number of allylic oxidation sites excluding steroid dienone is 4. The molecule has 2 amide bonds. The fourth-order valence-corrected chi connectivity index (χ4v) is 6.01. The highest BCUT2D eigenvalue weighted by molar-refractivity contribution is 5.84. The minimum absolute atomic E-state index is 0.0769. The zero-order valence-corrected chi connectivity index (χ0v) is 33.1. The molecule has 0 aromatic carbocycles. The van der Waals surface area contributed by atoms with E-state index >= 15 is 0 Å². The van der Waals surface area contributed by atoms with Gasteiger partial charge in [0.2, 0.25) is 11.8 Å². The van der Waals surface area contributed by atoms with Gasteiger partial charge < -0.3 is 20.7 Å². The predicted molar refractivity (Wildman–Crippen MR) is 213 cm³/mol. The third kappa shape index (κ3) is 35.7. The number of carbonyl (C=O) groups excluding carboxylic acids is 3. The van der Waals surface area contributed by atoms with Gasteiger partial charge in [0.25, 0.3) is 0 Å². The van der Waals surface area contributed by atoms with E-state index in [1.54, 1.807) is 0 Å². The van der Waals surface area contributed by atoms with Gasteiger partial charge in [-0.3, -0.25) is 9.59 Å². The molecular weight excluding hydrogens is 622 g/mol. The van der Waals surface area contributed by atoms with E-state index in [0.717, 1.165) is 64.3 Å². The minimum atomic E-state index is -0.632. The fourth-order valence-electron chi connectivity index (χ4n) is 6.01. The lowest BCUT2D eigenvalue weighted by Gasteiger charge is -2.18. The van der Waals surface area contributed by atoms with E-state index < -0.39 is 6.04 Å². The van der Waals surface area contributed by atoms with Gasteiger partial charge in [-0.15, -0.1) is 0 Å². The van der Waals surface area contributed by atoms with Crippen LogP contribution in [0.3, 0.4) is 0 Å². The molecule has 0 spiro atoms. The molecule has 1 unspecified atom stereocenters. The number of nitrogens with one attached hydrogen (secondary N) is 3. The van der Waals surface area contributed by atoms with Gasteiger partial charge >= 0.3 is 5.97 Å². The summed E-state index contributed by atoms with van der Waals surface area (Å²) in [6, 6.07) is -0.632. The summed E-state index contributed by atoms with van der Waals surface area (Å²) >= 11 is 0. The van der Waals surface area contributed by atoms with Crippen molar-refractivity contribution in [2.75, 3.05) is 26.7 Å². The molecule has 0 heterocycles. The molecule has 292 valence electrons. The molecule has 7 heteroatoms. The van der Waals surface area contributed by atoms with Crippen LogP contribution in [0.1, 0.15) is 200 Å². The highest BCUT2D eigenvalue weighted by Crippen LogP contribution is 2.12. The van der Waals surface area contributed by atoms with Gasteiger partial charge in [0.1, 0.15) is 6.04 Å². The Bertz CT molecular complexity index is 829. The summed E-state index contributed by atoms with van der Waals surface area (Å²) in [4.78, 5) is 37.8. The molecule has 0 rings (SSSR count). The zero-order chi connectivity index (χ0) is 36.6. The van der Waals surface area contributed by atoms with Crippen LogP contribution < -0.4 is 16.0 Å². The van der Waals surface area contributed by atoms with Crippen LogP contribution in [-0.2, 0) is 19.1 Å². The summed E-state index contributed by atoms with van der Waals surface area (Å²) in [5.41, 5.74) is 0. The number of hydrogen-bond acceptors (Lipinski definition) is 5. The van der Waals surface area contributed by atoms with Gasteiger partial charge in [0, 0.05) is 19.4 Å². The summed E-state index contributed by atoms with van der Waals surface area (Å²) in [6.45, 7) is 6.21. The van der Waals surface area contributed by atoms with Crippen molar-refractivity contribution in [1.29, 1.82) is 0 Å². The first-order chi connectivity index (χ1) is 24.5. The van der Waals surface area contributed by atoms with E-state index in [4.69, 9.17) is 4.74 Å². The number of ether oxygens (including phenoxy) is 1. The number of amides is 2. The quantitative estimate of drug-likeness (QED) is 0.0338. The molecule has 0 aromatic heterocycles. The summed E-state index contributed by atoms with van der Waals surface area (Å²) in [6.07, 6.45) is 41.0. The number of rotatable bonds is 38. The van der Waals surface area contributed by atoms with Crippen molar-refractivity contribution in [3.8, 4) is 0 Å². The van der Waals surface area contributed by atoms with Crippen LogP contribution in [-0.4, -0.2) is 50.6 Å². The van der Waals surface area contributed by atoms with Crippen molar-refractivity contribution >= 4 is 17.8 Å². The molecule has 0 saturated carbocycles. The lowest BCUT2D eigenvalue weighted by molar-refractivity contribution is -0.148. The normalized spacial score (nSPS) is 12.1. The van der Waals surface area contributed by atoms with Crippen LogP contribution in [0.2, 0.25) is 0 Å². The highest BCUT2D eigenvalue weighted by atomic mass is 16.5. The molecule has 0 aliphatic heterocycles. The van der Waals surface area contributed by atoms with E-state index in [-0.39, 0.29) is 17.8 Å². The van der Waals surface area contributed by atoms with E-state index in [1.165, 1.54) is 109 Å². The van der Waals surface area contributed by atoms with Gasteiger partial charge in [-0.1, -0.05) is 122 Å². The molecule has 0 aromatic rings. The van der Waals surface area contributed by atoms with Crippen LogP contribution in [0.4, 0.5) is 0 Å². The van der Waals surface area contributed by atoms with E-state index in [1.807, 2.05) is 7.05 Å². The molecule has 0 bridgehead atoms. The van der Waals surface area contributed by atoms with Crippen molar-refractivity contribution in [3.63, 3.8) is 0 Å². The summed E-state index contributed by atoms with van der Waals surface area (Å²) < 4.78 is 5.47. The van der Waals surface area contributed by atoms with Crippen LogP contribution in [0, 0.1) is 0 Å². The van der Waals surface area contributed by atoms with Crippen molar-refractivity contribution in [2.45, 2.75) is 206 Å². The molecule has 0 radical (unpaired) electrons. The largest absolute Gasteiger partial charge is 0.464 e. The first-order valence-electron chi connectivity index (χ1n) is 21.2. The lowest BCUT2D eigenvalue weighted by atomic mass is 10.1. The topological polar surface area (TPSA) is 96.5 Å². The molecule has 0 aliphatic carbocycles. The van der Waals surface area contributed by atoms with Crippen molar-refractivity contribution in [3.05, 3.63) is 24.3 Å². The maximum atomic E-state index is 12.8. The smallest absolute Gasteiger partial charge is 0.328 e.